The van der Waals surface area contributed by atoms with Gasteiger partial charge in [0.05, 0.1) is 13.7 Å². The zero-order chi connectivity index (χ0) is 21.5. The van der Waals surface area contributed by atoms with Gasteiger partial charge < -0.3 is 19.5 Å². The van der Waals surface area contributed by atoms with E-state index in [1.165, 1.54) is 5.56 Å². The lowest BCUT2D eigenvalue weighted by Crippen LogP contribution is -2.40. The minimum absolute atomic E-state index is 0. The number of guanidine groups is 1. The molecule has 3 aromatic rings. The first-order valence-electron chi connectivity index (χ1n) is 9.78. The van der Waals surface area contributed by atoms with Crippen molar-refractivity contribution in [3.63, 3.8) is 0 Å². The number of aryl methyl sites for hydroxylation is 2. The van der Waals surface area contributed by atoms with Crippen molar-refractivity contribution >= 4 is 29.9 Å². The Morgan fingerprint density at radius 2 is 1.90 bits per heavy atom. The number of methoxy groups -OCH3 is 1. The molecule has 0 saturated carbocycles. The Hall–Kier alpha value is -2.70. The largest absolute Gasteiger partial charge is 0.497 e. The van der Waals surface area contributed by atoms with Gasteiger partial charge in [-0.25, -0.2) is 9.98 Å². The molecular formula is C20H30IN9O. The number of rotatable bonds is 8. The number of hydrogen-bond donors (Lipinski definition) is 1. The van der Waals surface area contributed by atoms with E-state index in [1.54, 1.807) is 18.1 Å². The summed E-state index contributed by atoms with van der Waals surface area (Å²) >= 11 is 0. The van der Waals surface area contributed by atoms with Crippen molar-refractivity contribution in [1.82, 2.24) is 39.7 Å². The molecule has 31 heavy (non-hydrogen) atoms. The van der Waals surface area contributed by atoms with E-state index < -0.39 is 0 Å². The maximum atomic E-state index is 5.22. The smallest absolute Gasteiger partial charge is 0.194 e. The molecule has 0 bridgehead atoms. The quantitative estimate of drug-likeness (QED) is 0.265. The average Bonchev–Trinajstić information content (AvgIpc) is 3.30. The molecule has 3 rings (SSSR count). The topological polar surface area (TPSA) is 98.3 Å². The first kappa shape index (κ1) is 24.6. The summed E-state index contributed by atoms with van der Waals surface area (Å²) < 4.78 is 8.93. The summed E-state index contributed by atoms with van der Waals surface area (Å²) in [7, 11) is 7.48. The summed E-state index contributed by atoms with van der Waals surface area (Å²) in [6, 6.07) is 8.09. The van der Waals surface area contributed by atoms with Crippen LogP contribution >= 0.6 is 24.0 Å². The van der Waals surface area contributed by atoms with Crippen LogP contribution in [0.1, 0.15) is 23.0 Å². The molecule has 10 nitrogen and oxygen atoms in total. The minimum Gasteiger partial charge on any atom is -0.497 e. The van der Waals surface area contributed by atoms with Crippen LogP contribution in [0.5, 0.6) is 5.75 Å². The number of nitrogens with one attached hydrogen (secondary N) is 1. The lowest BCUT2D eigenvalue weighted by Gasteiger charge is -2.22. The Bertz CT molecular complexity index is 981. The number of benzene rings is 1. The lowest BCUT2D eigenvalue weighted by molar-refractivity contribution is 0.414. The minimum atomic E-state index is 0. The monoisotopic (exact) mass is 539 g/mol. The SMILES string of the molecule is COc1ccc(CCNC(=NCc2nnc(C)n2C)N(C)Cc2ncnn2C)cc1.I. The fourth-order valence-corrected chi connectivity index (χ4v) is 2.91. The Morgan fingerprint density at radius 3 is 2.48 bits per heavy atom. The van der Waals surface area contributed by atoms with Gasteiger partial charge in [-0.3, -0.25) is 4.68 Å². The fourth-order valence-electron chi connectivity index (χ4n) is 2.91. The van der Waals surface area contributed by atoms with Gasteiger partial charge >= 0.3 is 0 Å². The molecule has 0 aliphatic rings. The van der Waals surface area contributed by atoms with Crippen molar-refractivity contribution in [1.29, 1.82) is 0 Å². The number of aromatic nitrogens is 6. The van der Waals surface area contributed by atoms with E-state index in [1.807, 2.05) is 49.7 Å². The van der Waals surface area contributed by atoms with Gasteiger partial charge in [0.15, 0.2) is 11.8 Å². The molecule has 0 fully saturated rings. The normalized spacial score (nSPS) is 11.2. The zero-order valence-corrected chi connectivity index (χ0v) is 20.9. The molecule has 168 valence electrons. The van der Waals surface area contributed by atoms with Crippen LogP contribution in [0.2, 0.25) is 0 Å². The van der Waals surface area contributed by atoms with Crippen LogP contribution in [0, 0.1) is 6.92 Å². The molecule has 0 radical (unpaired) electrons. The highest BCUT2D eigenvalue weighted by Crippen LogP contribution is 2.11. The van der Waals surface area contributed by atoms with Crippen LogP contribution in [-0.4, -0.2) is 61.1 Å². The third-order valence-corrected chi connectivity index (χ3v) is 4.95. The van der Waals surface area contributed by atoms with Crippen LogP contribution in [0.25, 0.3) is 0 Å². The van der Waals surface area contributed by atoms with Crippen molar-refractivity contribution in [3.05, 3.63) is 53.6 Å². The van der Waals surface area contributed by atoms with Gasteiger partial charge in [0.2, 0.25) is 0 Å². The van der Waals surface area contributed by atoms with Crippen LogP contribution < -0.4 is 10.1 Å². The molecule has 0 saturated heterocycles. The summed E-state index contributed by atoms with van der Waals surface area (Å²) in [5.41, 5.74) is 1.22. The van der Waals surface area contributed by atoms with Gasteiger partial charge in [-0.2, -0.15) is 5.10 Å². The predicted octanol–water partition coefficient (Wildman–Crippen LogP) is 1.70. The Labute approximate surface area is 199 Å². The van der Waals surface area contributed by atoms with E-state index in [0.717, 1.165) is 42.1 Å². The lowest BCUT2D eigenvalue weighted by atomic mass is 10.1. The van der Waals surface area contributed by atoms with Crippen LogP contribution in [0.15, 0.2) is 35.6 Å². The third-order valence-electron chi connectivity index (χ3n) is 4.95. The van der Waals surface area contributed by atoms with Crippen LogP contribution in [0.4, 0.5) is 0 Å². The summed E-state index contributed by atoms with van der Waals surface area (Å²) in [5.74, 6) is 4.16. The van der Waals surface area contributed by atoms with Gasteiger partial charge in [0.25, 0.3) is 0 Å². The first-order valence-corrected chi connectivity index (χ1v) is 9.78. The highest BCUT2D eigenvalue weighted by atomic mass is 127. The second-order valence-corrected chi connectivity index (χ2v) is 7.04. The molecule has 0 unspecified atom stereocenters. The van der Waals surface area contributed by atoms with E-state index >= 15 is 0 Å². The number of hydrogen-bond acceptors (Lipinski definition) is 6. The Balaban J connectivity index is 0.00000341. The van der Waals surface area contributed by atoms with Crippen molar-refractivity contribution < 1.29 is 4.74 Å². The molecule has 1 N–H and O–H groups in total. The standard InChI is InChI=1S/C20H29N9O.HI/c1-15-25-26-18(28(15)3)12-22-20(27(2)13-19-23-14-24-29(19)4)21-11-10-16-6-8-17(30-5)9-7-16;/h6-9,14H,10-13H2,1-5H3,(H,21,22);1H. The Kier molecular flexibility index (Phi) is 9.21. The molecule has 2 aromatic heterocycles. The van der Waals surface area contributed by atoms with Gasteiger partial charge in [-0.15, -0.1) is 34.2 Å². The van der Waals surface area contributed by atoms with E-state index in [4.69, 9.17) is 9.73 Å². The zero-order valence-electron chi connectivity index (χ0n) is 18.6. The number of ether oxygens (including phenoxy) is 1. The van der Waals surface area contributed by atoms with E-state index in [9.17, 15) is 0 Å². The number of halogens is 1. The molecule has 1 aromatic carbocycles. The predicted molar refractivity (Wildman–Crippen MR) is 129 cm³/mol. The molecule has 0 aliphatic heterocycles. The molecule has 0 aliphatic carbocycles. The van der Waals surface area contributed by atoms with Crippen molar-refractivity contribution in [2.75, 3.05) is 20.7 Å². The number of nitrogens with zero attached hydrogens (tertiary/aromatic N) is 8. The van der Waals surface area contributed by atoms with Crippen molar-refractivity contribution in [2.24, 2.45) is 19.1 Å². The van der Waals surface area contributed by atoms with Crippen LogP contribution in [-0.2, 0) is 33.6 Å². The summed E-state index contributed by atoms with van der Waals surface area (Å²) in [4.78, 5) is 11.1. The molecule has 11 heteroatoms. The molecule has 0 spiro atoms. The maximum Gasteiger partial charge on any atom is 0.194 e. The van der Waals surface area contributed by atoms with Crippen LogP contribution in [0.3, 0.4) is 0 Å². The van der Waals surface area contributed by atoms with Gasteiger partial charge in [-0.1, -0.05) is 12.1 Å². The van der Waals surface area contributed by atoms with Crippen molar-refractivity contribution in [3.8, 4) is 5.75 Å². The third kappa shape index (κ3) is 6.64. The first-order chi connectivity index (χ1) is 14.5. The highest BCUT2D eigenvalue weighted by Gasteiger charge is 2.12. The summed E-state index contributed by atoms with van der Waals surface area (Å²) in [5, 5.41) is 15.9. The molecule has 0 atom stereocenters. The summed E-state index contributed by atoms with van der Waals surface area (Å²) in [6.45, 7) is 3.69. The van der Waals surface area contributed by atoms with E-state index in [-0.39, 0.29) is 24.0 Å². The van der Waals surface area contributed by atoms with E-state index in [0.29, 0.717) is 13.1 Å². The average molecular weight is 539 g/mol. The highest BCUT2D eigenvalue weighted by molar-refractivity contribution is 14.0. The fraction of sp³-hybridized carbons (Fsp3) is 0.450. The maximum absolute atomic E-state index is 5.22. The van der Waals surface area contributed by atoms with E-state index in [2.05, 4.69) is 37.7 Å². The summed E-state index contributed by atoms with van der Waals surface area (Å²) in [6.07, 6.45) is 2.42. The van der Waals surface area contributed by atoms with Crippen molar-refractivity contribution in [2.45, 2.75) is 26.4 Å². The molecular weight excluding hydrogens is 509 g/mol. The van der Waals surface area contributed by atoms with Gasteiger partial charge in [-0.05, 0) is 31.0 Å². The Morgan fingerprint density at radius 1 is 1.16 bits per heavy atom. The molecule has 2 heterocycles. The molecule has 0 amide bonds. The second-order valence-electron chi connectivity index (χ2n) is 7.04. The van der Waals surface area contributed by atoms with Gasteiger partial charge in [0.1, 0.15) is 30.3 Å². The number of aliphatic imine (C=N–C) groups is 1. The van der Waals surface area contributed by atoms with Gasteiger partial charge in [0, 0.05) is 27.7 Å². The second kappa shape index (κ2) is 11.6.